The maximum atomic E-state index is 10.1. The quantitative estimate of drug-likeness (QED) is 0.745. The van der Waals surface area contributed by atoms with Crippen LogP contribution in [-0.4, -0.2) is 22.7 Å². The highest BCUT2D eigenvalue weighted by molar-refractivity contribution is 5.13. The minimum absolute atomic E-state index is 0.448. The molecular weight excluding hydrogens is 224 g/mol. The molecule has 3 atom stereocenters. The lowest BCUT2D eigenvalue weighted by Crippen LogP contribution is -2.37. The highest BCUT2D eigenvalue weighted by Crippen LogP contribution is 2.15. The Morgan fingerprint density at radius 1 is 1.28 bits per heavy atom. The van der Waals surface area contributed by atoms with E-state index in [0.29, 0.717) is 18.5 Å². The van der Waals surface area contributed by atoms with Gasteiger partial charge in [0.05, 0.1) is 6.10 Å². The molecule has 3 nitrogen and oxygen atoms in total. The Balaban J connectivity index is 2.43. The largest absolute Gasteiger partial charge is 0.387 e. The molecule has 0 saturated heterocycles. The zero-order valence-corrected chi connectivity index (χ0v) is 11.8. The standard InChI is InChI=1S/C15H26N2O/c1-4-6-12(3)14(5-2)17-11-15(18)13-7-9-16-10-8-13/h7-10,12,14-15,17-18H,4-6,11H2,1-3H3. The highest BCUT2D eigenvalue weighted by Gasteiger charge is 2.16. The lowest BCUT2D eigenvalue weighted by molar-refractivity contribution is 0.163. The van der Waals surface area contributed by atoms with Gasteiger partial charge in [-0.3, -0.25) is 4.98 Å². The summed E-state index contributed by atoms with van der Waals surface area (Å²) in [6.45, 7) is 7.30. The molecule has 1 rings (SSSR count). The summed E-state index contributed by atoms with van der Waals surface area (Å²) in [7, 11) is 0. The zero-order chi connectivity index (χ0) is 13.4. The lowest BCUT2D eigenvalue weighted by atomic mass is 9.94. The van der Waals surface area contributed by atoms with Crippen molar-refractivity contribution in [3.8, 4) is 0 Å². The molecule has 0 aliphatic rings. The fourth-order valence-corrected chi connectivity index (χ4v) is 2.37. The van der Waals surface area contributed by atoms with E-state index in [0.717, 1.165) is 12.0 Å². The Bertz CT molecular complexity index is 316. The Morgan fingerprint density at radius 2 is 1.94 bits per heavy atom. The van der Waals surface area contributed by atoms with E-state index >= 15 is 0 Å². The van der Waals surface area contributed by atoms with Crippen molar-refractivity contribution in [3.05, 3.63) is 30.1 Å². The topological polar surface area (TPSA) is 45.1 Å². The van der Waals surface area contributed by atoms with E-state index in [1.54, 1.807) is 12.4 Å². The van der Waals surface area contributed by atoms with Crippen LogP contribution >= 0.6 is 0 Å². The van der Waals surface area contributed by atoms with Crippen molar-refractivity contribution in [1.29, 1.82) is 0 Å². The fraction of sp³-hybridized carbons (Fsp3) is 0.667. The van der Waals surface area contributed by atoms with Crippen LogP contribution in [0.25, 0.3) is 0 Å². The third-order valence-corrected chi connectivity index (χ3v) is 3.53. The molecule has 0 amide bonds. The van der Waals surface area contributed by atoms with Gasteiger partial charge in [-0.05, 0) is 36.5 Å². The summed E-state index contributed by atoms with van der Waals surface area (Å²) < 4.78 is 0. The number of aliphatic hydroxyl groups is 1. The van der Waals surface area contributed by atoms with Gasteiger partial charge in [-0.25, -0.2) is 0 Å². The van der Waals surface area contributed by atoms with Crippen LogP contribution in [0.1, 0.15) is 51.7 Å². The van der Waals surface area contributed by atoms with Crippen LogP contribution in [-0.2, 0) is 0 Å². The van der Waals surface area contributed by atoms with E-state index in [9.17, 15) is 5.11 Å². The molecule has 0 radical (unpaired) electrons. The SMILES string of the molecule is CCCC(C)C(CC)NCC(O)c1ccncc1. The average Bonchev–Trinajstić information content (AvgIpc) is 2.40. The van der Waals surface area contributed by atoms with Gasteiger partial charge in [0.25, 0.3) is 0 Å². The third kappa shape index (κ3) is 4.75. The van der Waals surface area contributed by atoms with Crippen molar-refractivity contribution >= 4 is 0 Å². The van der Waals surface area contributed by atoms with E-state index in [-0.39, 0.29) is 0 Å². The summed E-state index contributed by atoms with van der Waals surface area (Å²) in [6, 6.07) is 4.22. The molecule has 0 aliphatic carbocycles. The second kappa shape index (κ2) is 8.22. The second-order valence-electron chi connectivity index (χ2n) is 4.99. The number of aromatic nitrogens is 1. The number of aliphatic hydroxyl groups excluding tert-OH is 1. The van der Waals surface area contributed by atoms with Crippen LogP contribution in [0.4, 0.5) is 0 Å². The van der Waals surface area contributed by atoms with Crippen molar-refractivity contribution in [3.63, 3.8) is 0 Å². The molecule has 0 fully saturated rings. The molecule has 1 aromatic rings. The van der Waals surface area contributed by atoms with Gasteiger partial charge in [-0.1, -0.05) is 27.2 Å². The maximum absolute atomic E-state index is 10.1. The first-order valence-corrected chi connectivity index (χ1v) is 7.00. The van der Waals surface area contributed by atoms with Crippen molar-refractivity contribution in [2.24, 2.45) is 5.92 Å². The number of nitrogens with one attached hydrogen (secondary N) is 1. The molecule has 0 aliphatic heterocycles. The van der Waals surface area contributed by atoms with Gasteiger partial charge in [0.1, 0.15) is 0 Å². The van der Waals surface area contributed by atoms with Gasteiger partial charge in [-0.2, -0.15) is 0 Å². The third-order valence-electron chi connectivity index (χ3n) is 3.53. The van der Waals surface area contributed by atoms with Crippen LogP contribution in [0.3, 0.4) is 0 Å². The van der Waals surface area contributed by atoms with E-state index in [1.807, 2.05) is 12.1 Å². The van der Waals surface area contributed by atoms with Crippen molar-refractivity contribution in [1.82, 2.24) is 10.3 Å². The maximum Gasteiger partial charge on any atom is 0.0915 e. The highest BCUT2D eigenvalue weighted by atomic mass is 16.3. The van der Waals surface area contributed by atoms with E-state index < -0.39 is 6.10 Å². The van der Waals surface area contributed by atoms with Crippen LogP contribution in [0.5, 0.6) is 0 Å². The van der Waals surface area contributed by atoms with Gasteiger partial charge in [-0.15, -0.1) is 0 Å². The first kappa shape index (κ1) is 15.1. The minimum Gasteiger partial charge on any atom is -0.387 e. The Morgan fingerprint density at radius 3 is 2.50 bits per heavy atom. The molecular formula is C15H26N2O. The zero-order valence-electron chi connectivity index (χ0n) is 11.8. The first-order valence-electron chi connectivity index (χ1n) is 7.00. The normalized spacial score (nSPS) is 16.2. The molecule has 1 aromatic heterocycles. The van der Waals surface area contributed by atoms with E-state index in [1.165, 1.54) is 12.8 Å². The van der Waals surface area contributed by atoms with Crippen molar-refractivity contribution < 1.29 is 5.11 Å². The van der Waals surface area contributed by atoms with Gasteiger partial charge in [0.2, 0.25) is 0 Å². The fourth-order valence-electron chi connectivity index (χ4n) is 2.37. The molecule has 0 aromatic carbocycles. The number of rotatable bonds is 8. The van der Waals surface area contributed by atoms with Crippen LogP contribution in [0.2, 0.25) is 0 Å². The predicted octanol–water partition coefficient (Wildman–Crippen LogP) is 2.92. The Labute approximate surface area is 111 Å². The first-order chi connectivity index (χ1) is 8.69. The van der Waals surface area contributed by atoms with Gasteiger partial charge >= 0.3 is 0 Å². The number of hydrogen-bond donors (Lipinski definition) is 2. The molecule has 0 bridgehead atoms. The number of hydrogen-bond acceptors (Lipinski definition) is 3. The van der Waals surface area contributed by atoms with E-state index in [2.05, 4.69) is 31.1 Å². The molecule has 2 N–H and O–H groups in total. The summed E-state index contributed by atoms with van der Waals surface area (Å²) in [5, 5.41) is 13.6. The van der Waals surface area contributed by atoms with Gasteiger partial charge in [0.15, 0.2) is 0 Å². The molecule has 3 heteroatoms. The Kier molecular flexibility index (Phi) is 6.91. The van der Waals surface area contributed by atoms with Crippen molar-refractivity contribution in [2.45, 2.75) is 52.2 Å². The minimum atomic E-state index is -0.448. The summed E-state index contributed by atoms with van der Waals surface area (Å²) in [5.74, 6) is 0.657. The van der Waals surface area contributed by atoms with Gasteiger partial charge < -0.3 is 10.4 Å². The summed E-state index contributed by atoms with van der Waals surface area (Å²) in [5.41, 5.74) is 0.926. The molecule has 102 valence electrons. The number of pyridine rings is 1. The van der Waals surface area contributed by atoms with Crippen LogP contribution in [0.15, 0.2) is 24.5 Å². The van der Waals surface area contributed by atoms with Gasteiger partial charge in [0, 0.05) is 25.0 Å². The number of nitrogens with zero attached hydrogens (tertiary/aromatic N) is 1. The predicted molar refractivity (Wildman–Crippen MR) is 75.4 cm³/mol. The summed E-state index contributed by atoms with van der Waals surface area (Å²) in [4.78, 5) is 3.96. The Hall–Kier alpha value is -0.930. The van der Waals surface area contributed by atoms with Crippen molar-refractivity contribution in [2.75, 3.05) is 6.54 Å². The molecule has 1 heterocycles. The van der Waals surface area contributed by atoms with E-state index in [4.69, 9.17) is 0 Å². The molecule has 0 saturated carbocycles. The lowest BCUT2D eigenvalue weighted by Gasteiger charge is -2.25. The summed E-state index contributed by atoms with van der Waals surface area (Å²) in [6.07, 6.45) is 6.54. The monoisotopic (exact) mass is 250 g/mol. The van der Waals surface area contributed by atoms with Crippen LogP contribution in [0, 0.1) is 5.92 Å². The average molecular weight is 250 g/mol. The molecule has 0 spiro atoms. The summed E-state index contributed by atoms with van der Waals surface area (Å²) >= 11 is 0. The second-order valence-corrected chi connectivity index (χ2v) is 4.99. The molecule has 3 unspecified atom stereocenters. The smallest absolute Gasteiger partial charge is 0.0915 e. The van der Waals surface area contributed by atoms with Crippen LogP contribution < -0.4 is 5.32 Å². The molecule has 18 heavy (non-hydrogen) atoms.